The van der Waals surface area contributed by atoms with Crippen LogP contribution < -0.4 is 19.5 Å². The van der Waals surface area contributed by atoms with E-state index in [0.29, 0.717) is 105 Å². The van der Waals surface area contributed by atoms with Gasteiger partial charge in [0.1, 0.15) is 30.5 Å². The molecule has 2 rings (SSSR count). The zero-order chi connectivity index (χ0) is 59.8. The summed E-state index contributed by atoms with van der Waals surface area (Å²) in [5.41, 5.74) is 0.888. The molecule has 0 saturated carbocycles. The lowest BCUT2D eigenvalue weighted by atomic mass is 10.1. The number of amides is 1. The molecule has 19 nitrogen and oxygen atoms in total. The van der Waals surface area contributed by atoms with E-state index >= 15 is 0 Å². The van der Waals surface area contributed by atoms with Gasteiger partial charge in [-0.3, -0.25) is 14.7 Å². The van der Waals surface area contributed by atoms with Crippen LogP contribution in [0.25, 0.3) is 0 Å². The molecule has 1 unspecified atom stereocenters. The van der Waals surface area contributed by atoms with E-state index < -0.39 is 18.6 Å². The molecular formula is C63H111N2O17P. The van der Waals surface area contributed by atoms with Crippen molar-refractivity contribution in [2.45, 2.75) is 201 Å². The molecule has 480 valence electrons. The first kappa shape index (κ1) is 75.5. The van der Waals surface area contributed by atoms with Crippen molar-refractivity contribution in [1.29, 1.82) is 0 Å². The maximum Gasteiger partial charge on any atom is 0.407 e. The zero-order valence-electron chi connectivity index (χ0n) is 51.6. The third-order valence-electron chi connectivity index (χ3n) is 13.3. The molecule has 20 heteroatoms. The summed E-state index contributed by atoms with van der Waals surface area (Å²) in [6.45, 7) is 15.2. The second-order valence-electron chi connectivity index (χ2n) is 20.9. The fraction of sp³-hybridized carbons (Fsp3) is 0.794. The molecule has 1 amide bonds. The number of carbonyl (C=O) groups excluding carboxylic acids is 1. The number of hydrogen-bond donors (Lipinski definition) is 2. The van der Waals surface area contributed by atoms with Crippen LogP contribution in [0.5, 0.6) is 17.2 Å². The number of hydrogen-bond acceptors (Lipinski definition) is 16. The van der Waals surface area contributed by atoms with Crippen molar-refractivity contribution in [2.75, 3.05) is 125 Å². The Hall–Kier alpha value is -3.62. The number of rotatable bonds is 62. The molecule has 1 atom stereocenters. The van der Waals surface area contributed by atoms with Gasteiger partial charge in [-0.05, 0) is 88.1 Å². The van der Waals surface area contributed by atoms with Crippen LogP contribution in [0.4, 0.5) is 10.5 Å². The van der Waals surface area contributed by atoms with Crippen LogP contribution in [0, 0.1) is 10.1 Å². The van der Waals surface area contributed by atoms with E-state index in [1.54, 1.807) is 13.0 Å². The molecular weight excluding hydrogens is 1090 g/mol. The molecule has 0 aromatic heterocycles. The Morgan fingerprint density at radius 3 is 1.28 bits per heavy atom. The van der Waals surface area contributed by atoms with Crippen LogP contribution >= 0.6 is 7.60 Å². The summed E-state index contributed by atoms with van der Waals surface area (Å²) < 4.78 is 79.6. The number of nitro groups is 1. The Morgan fingerprint density at radius 2 is 0.867 bits per heavy atom. The number of unbranched alkanes of at least 4 members (excludes halogenated alkanes) is 18. The standard InChI is InChI=1S/C63H111N2O17P/c1-4-7-9-11-13-15-17-19-21-23-46-78-60-51-57(52-61(54-60)79-47-24-22-20-18-16-14-12-10-8-5-2)55-80-59-31-32-62(65(67)68)58(53-59)56-81-63(66)64-33-48-76-44-29-42-74-40-27-38-72-36-25-34-71-35-26-37-73-39-28-41-75-43-30-45-77-49-50-83(69,70)82-6-3/h31-32,51-54H,4-30,33-50,55-56H2,1-3H3,(H,64,66)(H,69,70). The van der Waals surface area contributed by atoms with Gasteiger partial charge in [0.05, 0.1) is 49.7 Å². The minimum absolute atomic E-state index is 0.00413. The molecule has 83 heavy (non-hydrogen) atoms. The molecule has 2 N–H and O–H groups in total. The first-order chi connectivity index (χ1) is 40.7. The lowest BCUT2D eigenvalue weighted by Gasteiger charge is -2.14. The molecule has 0 spiro atoms. The molecule has 0 heterocycles. The summed E-state index contributed by atoms with van der Waals surface area (Å²) in [6, 6.07) is 10.3. The minimum Gasteiger partial charge on any atom is -0.493 e. The summed E-state index contributed by atoms with van der Waals surface area (Å²) in [6.07, 6.45) is 29.1. The Balaban J connectivity index is 1.56. The molecule has 0 aliphatic rings. The third-order valence-corrected chi connectivity index (χ3v) is 14.7. The van der Waals surface area contributed by atoms with Crippen molar-refractivity contribution in [2.24, 2.45) is 0 Å². The van der Waals surface area contributed by atoms with Crippen LogP contribution in [0.15, 0.2) is 36.4 Å². The minimum atomic E-state index is -3.52. The monoisotopic (exact) mass is 1200 g/mol. The fourth-order valence-corrected chi connectivity index (χ4v) is 9.60. The Bertz CT molecular complexity index is 1840. The largest absolute Gasteiger partial charge is 0.493 e. The second-order valence-corrected chi connectivity index (χ2v) is 22.9. The summed E-state index contributed by atoms with van der Waals surface area (Å²) in [7, 11) is -3.52. The van der Waals surface area contributed by atoms with Gasteiger partial charge in [-0.15, -0.1) is 0 Å². The van der Waals surface area contributed by atoms with Crippen LogP contribution in [0.3, 0.4) is 0 Å². The van der Waals surface area contributed by atoms with Crippen LogP contribution in [-0.2, 0) is 60.2 Å². The SMILES string of the molecule is CCCCCCCCCCCCOc1cc(COc2ccc([N+](=O)[O-])c(COC(=O)NCCOCCCOCCCOCCCOCCCOCCCOCCCOCCP(=O)(O)OCC)c2)cc(OCCCCCCCCCCCC)c1. The van der Waals surface area contributed by atoms with Gasteiger partial charge < -0.3 is 66.8 Å². The van der Waals surface area contributed by atoms with Gasteiger partial charge in [-0.25, -0.2) is 4.79 Å². The number of nitrogens with one attached hydrogen (secondary N) is 1. The third kappa shape index (κ3) is 46.3. The van der Waals surface area contributed by atoms with Crippen molar-refractivity contribution < 1.29 is 75.8 Å². The van der Waals surface area contributed by atoms with E-state index in [-0.39, 0.29) is 57.0 Å². The number of benzene rings is 2. The van der Waals surface area contributed by atoms with E-state index in [9.17, 15) is 24.4 Å². The number of carbonyl (C=O) groups is 1. The number of nitro benzene ring substituents is 1. The van der Waals surface area contributed by atoms with Gasteiger partial charge in [0.25, 0.3) is 5.69 Å². The van der Waals surface area contributed by atoms with Gasteiger partial charge >= 0.3 is 13.7 Å². The van der Waals surface area contributed by atoms with Gasteiger partial charge in [-0.1, -0.05) is 129 Å². The zero-order valence-corrected chi connectivity index (χ0v) is 52.5. The van der Waals surface area contributed by atoms with E-state index in [1.807, 2.05) is 18.2 Å². The number of alkyl carbamates (subject to hydrolysis) is 1. The molecule has 0 radical (unpaired) electrons. The van der Waals surface area contributed by atoms with Crippen molar-refractivity contribution in [1.82, 2.24) is 5.32 Å². The fourth-order valence-electron chi connectivity index (χ4n) is 8.71. The number of ether oxygens (including phenoxy) is 11. The highest BCUT2D eigenvalue weighted by Gasteiger charge is 2.19. The van der Waals surface area contributed by atoms with E-state index in [0.717, 1.165) is 74.8 Å². The molecule has 0 saturated heterocycles. The summed E-state index contributed by atoms with van der Waals surface area (Å²) >= 11 is 0. The Kier molecular flexibility index (Phi) is 50.0. The molecule has 0 aliphatic heterocycles. The molecule has 0 aliphatic carbocycles. The van der Waals surface area contributed by atoms with Crippen LogP contribution in [0.2, 0.25) is 0 Å². The quantitative estimate of drug-likeness (QED) is 0.0272. The molecule has 0 bridgehead atoms. The van der Waals surface area contributed by atoms with Crippen molar-refractivity contribution >= 4 is 19.4 Å². The highest BCUT2D eigenvalue weighted by molar-refractivity contribution is 7.52. The summed E-state index contributed by atoms with van der Waals surface area (Å²) in [5, 5.41) is 14.6. The average Bonchev–Trinajstić information content (AvgIpc) is 3.64. The predicted molar refractivity (Wildman–Crippen MR) is 326 cm³/mol. The van der Waals surface area contributed by atoms with Crippen LogP contribution in [0.1, 0.15) is 199 Å². The maximum absolute atomic E-state index is 12.6. The van der Waals surface area contributed by atoms with Gasteiger partial charge in [0, 0.05) is 98.0 Å². The lowest BCUT2D eigenvalue weighted by Crippen LogP contribution is -2.28. The van der Waals surface area contributed by atoms with E-state index in [4.69, 9.17) is 56.6 Å². The van der Waals surface area contributed by atoms with E-state index in [2.05, 4.69) is 19.2 Å². The van der Waals surface area contributed by atoms with Gasteiger partial charge in [0.15, 0.2) is 0 Å². The Labute approximate surface area is 499 Å². The molecule has 2 aromatic rings. The predicted octanol–water partition coefficient (Wildman–Crippen LogP) is 14.7. The highest BCUT2D eigenvalue weighted by atomic mass is 31.2. The first-order valence-electron chi connectivity index (χ1n) is 31.9. The smallest absolute Gasteiger partial charge is 0.407 e. The van der Waals surface area contributed by atoms with Gasteiger partial charge in [0.2, 0.25) is 0 Å². The van der Waals surface area contributed by atoms with Crippen molar-refractivity contribution in [3.8, 4) is 17.2 Å². The average molecular weight is 1200 g/mol. The number of nitrogens with zero attached hydrogens (tertiary/aromatic N) is 1. The molecule has 2 aromatic carbocycles. The highest BCUT2D eigenvalue weighted by Crippen LogP contribution is 2.41. The maximum atomic E-state index is 12.6. The topological polar surface area (TPSA) is 220 Å². The van der Waals surface area contributed by atoms with Crippen molar-refractivity contribution in [3.05, 3.63) is 57.6 Å². The van der Waals surface area contributed by atoms with Crippen LogP contribution in [-0.4, -0.2) is 141 Å². The Morgan fingerprint density at radius 1 is 0.470 bits per heavy atom. The lowest BCUT2D eigenvalue weighted by molar-refractivity contribution is -0.385. The van der Waals surface area contributed by atoms with Crippen molar-refractivity contribution in [3.63, 3.8) is 0 Å². The summed E-state index contributed by atoms with van der Waals surface area (Å²) in [4.78, 5) is 33.5. The molecule has 0 fully saturated rings. The van der Waals surface area contributed by atoms with E-state index in [1.165, 1.54) is 115 Å². The normalized spacial score (nSPS) is 12.1. The first-order valence-corrected chi connectivity index (χ1v) is 33.6. The van der Waals surface area contributed by atoms with Gasteiger partial charge in [-0.2, -0.15) is 0 Å². The second kappa shape index (κ2) is 55.0. The summed E-state index contributed by atoms with van der Waals surface area (Å²) in [5.74, 6) is 1.86.